The van der Waals surface area contributed by atoms with Crippen molar-refractivity contribution in [1.29, 1.82) is 0 Å². The van der Waals surface area contributed by atoms with Crippen LogP contribution in [-0.2, 0) is 13.1 Å². The smallest absolute Gasteiger partial charge is 0.223 e. The topological polar surface area (TPSA) is 62.7 Å². The van der Waals surface area contributed by atoms with Crippen LogP contribution in [0.25, 0.3) is 5.65 Å². The molecule has 0 aliphatic carbocycles. The van der Waals surface area contributed by atoms with Gasteiger partial charge in [-0.25, -0.2) is 4.98 Å². The van der Waals surface area contributed by atoms with Gasteiger partial charge in [0.15, 0.2) is 5.82 Å². The molecule has 1 aliphatic rings. The Morgan fingerprint density at radius 1 is 1.27 bits per heavy atom. The molecule has 138 valence electrons. The van der Waals surface area contributed by atoms with E-state index < -0.39 is 0 Å². The first kappa shape index (κ1) is 17.2. The molecule has 0 saturated carbocycles. The van der Waals surface area contributed by atoms with Gasteiger partial charge in [-0.1, -0.05) is 11.2 Å². The summed E-state index contributed by atoms with van der Waals surface area (Å²) >= 11 is 0. The molecule has 0 aromatic carbocycles. The van der Waals surface area contributed by atoms with Crippen LogP contribution in [0.2, 0.25) is 0 Å². The van der Waals surface area contributed by atoms with Crippen molar-refractivity contribution in [3.05, 3.63) is 48.0 Å². The summed E-state index contributed by atoms with van der Waals surface area (Å²) in [6.45, 7) is 5.79. The van der Waals surface area contributed by atoms with Crippen molar-refractivity contribution in [3.8, 4) is 0 Å². The Bertz CT molecular complexity index is 856. The van der Waals surface area contributed by atoms with E-state index in [1.54, 1.807) is 0 Å². The molecule has 0 bridgehead atoms. The normalized spacial score (nSPS) is 19.3. The van der Waals surface area contributed by atoms with Gasteiger partial charge in [-0.15, -0.1) is 0 Å². The number of pyridine rings is 1. The summed E-state index contributed by atoms with van der Waals surface area (Å²) < 4.78 is 7.27. The molecule has 3 aromatic heterocycles. The number of hydrogen-bond acceptors (Lipinski definition) is 6. The highest BCUT2D eigenvalue weighted by Gasteiger charge is 2.22. The van der Waals surface area contributed by atoms with Gasteiger partial charge in [0.2, 0.25) is 5.89 Å². The predicted molar refractivity (Wildman–Crippen MR) is 98.6 cm³/mol. The van der Waals surface area contributed by atoms with Gasteiger partial charge < -0.3 is 8.92 Å². The molecular formula is C19H26N6O. The van der Waals surface area contributed by atoms with Gasteiger partial charge in [0.05, 0.1) is 6.54 Å². The van der Waals surface area contributed by atoms with Crippen molar-refractivity contribution in [2.24, 2.45) is 0 Å². The van der Waals surface area contributed by atoms with Gasteiger partial charge >= 0.3 is 0 Å². The molecule has 1 aliphatic heterocycles. The highest BCUT2D eigenvalue weighted by Crippen LogP contribution is 2.19. The maximum Gasteiger partial charge on any atom is 0.223 e. The third kappa shape index (κ3) is 3.78. The minimum Gasteiger partial charge on any atom is -0.340 e. The van der Waals surface area contributed by atoms with Crippen molar-refractivity contribution < 1.29 is 4.52 Å². The van der Waals surface area contributed by atoms with E-state index in [2.05, 4.69) is 54.6 Å². The van der Waals surface area contributed by atoms with Crippen LogP contribution in [0.5, 0.6) is 0 Å². The number of imidazole rings is 1. The third-order valence-corrected chi connectivity index (χ3v) is 5.27. The Hall–Kier alpha value is -2.25. The number of rotatable bonds is 5. The van der Waals surface area contributed by atoms with Crippen molar-refractivity contribution in [1.82, 2.24) is 29.3 Å². The number of aromatic nitrogens is 4. The van der Waals surface area contributed by atoms with Crippen LogP contribution in [-0.4, -0.2) is 55.5 Å². The summed E-state index contributed by atoms with van der Waals surface area (Å²) in [7, 11) is 2.16. The van der Waals surface area contributed by atoms with Crippen LogP contribution < -0.4 is 0 Å². The first-order chi connectivity index (χ1) is 12.7. The van der Waals surface area contributed by atoms with E-state index in [1.807, 2.05) is 19.3 Å². The average Bonchev–Trinajstić information content (AvgIpc) is 3.20. The van der Waals surface area contributed by atoms with Crippen molar-refractivity contribution >= 4 is 5.65 Å². The van der Waals surface area contributed by atoms with Gasteiger partial charge in [-0.05, 0) is 45.0 Å². The molecule has 4 heterocycles. The van der Waals surface area contributed by atoms with Crippen LogP contribution in [0.15, 0.2) is 35.1 Å². The van der Waals surface area contributed by atoms with E-state index >= 15 is 0 Å². The summed E-state index contributed by atoms with van der Waals surface area (Å²) in [5.41, 5.74) is 2.32. The molecule has 0 spiro atoms. The van der Waals surface area contributed by atoms with E-state index in [0.29, 0.717) is 11.9 Å². The molecule has 0 amide bonds. The van der Waals surface area contributed by atoms with Gasteiger partial charge in [0.1, 0.15) is 5.65 Å². The second kappa shape index (κ2) is 7.55. The lowest BCUT2D eigenvalue weighted by Crippen LogP contribution is -2.33. The van der Waals surface area contributed by atoms with Crippen molar-refractivity contribution in [2.75, 3.05) is 20.1 Å². The van der Waals surface area contributed by atoms with Crippen LogP contribution >= 0.6 is 0 Å². The Morgan fingerprint density at radius 3 is 3.04 bits per heavy atom. The van der Waals surface area contributed by atoms with Gasteiger partial charge in [-0.3, -0.25) is 9.80 Å². The third-order valence-electron chi connectivity index (χ3n) is 5.27. The Balaban J connectivity index is 1.36. The van der Waals surface area contributed by atoms with Crippen LogP contribution in [0.4, 0.5) is 0 Å². The zero-order valence-corrected chi connectivity index (χ0v) is 15.5. The predicted octanol–water partition coefficient (Wildman–Crippen LogP) is 2.51. The summed E-state index contributed by atoms with van der Waals surface area (Å²) in [6.07, 6.45) is 7.49. The Morgan fingerprint density at radius 2 is 2.19 bits per heavy atom. The van der Waals surface area contributed by atoms with E-state index in [0.717, 1.165) is 44.1 Å². The molecule has 0 unspecified atom stereocenters. The molecule has 1 fully saturated rings. The summed E-state index contributed by atoms with van der Waals surface area (Å²) in [5, 5.41) is 4.02. The largest absolute Gasteiger partial charge is 0.340 e. The maximum absolute atomic E-state index is 5.09. The first-order valence-electron chi connectivity index (χ1n) is 9.32. The molecule has 1 atom stereocenters. The molecule has 0 N–H and O–H groups in total. The van der Waals surface area contributed by atoms with Gasteiger partial charge in [-0.2, -0.15) is 4.98 Å². The van der Waals surface area contributed by atoms with Crippen molar-refractivity contribution in [3.63, 3.8) is 0 Å². The number of aryl methyl sites for hydroxylation is 1. The fraction of sp³-hybridized carbons (Fsp3) is 0.526. The highest BCUT2D eigenvalue weighted by atomic mass is 16.5. The zero-order chi connectivity index (χ0) is 17.9. The van der Waals surface area contributed by atoms with Gasteiger partial charge in [0.25, 0.3) is 0 Å². The summed E-state index contributed by atoms with van der Waals surface area (Å²) in [6, 6.07) is 6.90. The quantitative estimate of drug-likeness (QED) is 0.702. The van der Waals surface area contributed by atoms with Gasteiger partial charge in [0, 0.05) is 44.1 Å². The second-order valence-electron chi connectivity index (χ2n) is 7.18. The molecule has 1 saturated heterocycles. The lowest BCUT2D eigenvalue weighted by molar-refractivity contribution is 0.199. The highest BCUT2D eigenvalue weighted by molar-refractivity contribution is 5.39. The van der Waals surface area contributed by atoms with E-state index in [1.165, 1.54) is 18.5 Å². The summed E-state index contributed by atoms with van der Waals surface area (Å²) in [4.78, 5) is 13.6. The lowest BCUT2D eigenvalue weighted by Gasteiger charge is -2.26. The Labute approximate surface area is 153 Å². The zero-order valence-electron chi connectivity index (χ0n) is 15.5. The van der Waals surface area contributed by atoms with Crippen LogP contribution in [0, 0.1) is 6.92 Å². The minimum atomic E-state index is 0.558. The van der Waals surface area contributed by atoms with Crippen LogP contribution in [0.1, 0.15) is 36.7 Å². The first-order valence-corrected chi connectivity index (χ1v) is 9.32. The average molecular weight is 354 g/mol. The standard InChI is InChI=1S/C19H26N6O/c1-15-21-18(22-26-15)14-23(2)16-6-4-10-24(11-8-16)13-17-5-3-7-19-20-9-12-25(17)19/h3,5,7,9,12,16H,4,6,8,10-11,13-14H2,1-2H3/t16-/m1/s1. The fourth-order valence-electron chi connectivity index (χ4n) is 3.86. The molecule has 3 aromatic rings. The second-order valence-corrected chi connectivity index (χ2v) is 7.18. The fourth-order valence-corrected chi connectivity index (χ4v) is 3.86. The number of fused-ring (bicyclic) bond motifs is 1. The number of hydrogen-bond donors (Lipinski definition) is 0. The Kier molecular flexibility index (Phi) is 4.99. The molecule has 7 nitrogen and oxygen atoms in total. The molecular weight excluding hydrogens is 328 g/mol. The minimum absolute atomic E-state index is 0.558. The monoisotopic (exact) mass is 354 g/mol. The van der Waals surface area contributed by atoms with Crippen LogP contribution in [0.3, 0.4) is 0 Å². The SMILES string of the molecule is Cc1nc(CN(C)[C@@H]2CCCN(Cc3cccc4nccn34)CC2)no1. The number of likely N-dealkylation sites (tertiary alicyclic amines) is 1. The van der Waals surface area contributed by atoms with Crippen molar-refractivity contribution in [2.45, 2.75) is 45.3 Å². The molecule has 4 rings (SSSR count). The van der Waals surface area contributed by atoms with E-state index in [-0.39, 0.29) is 0 Å². The molecule has 0 radical (unpaired) electrons. The number of nitrogens with zero attached hydrogens (tertiary/aromatic N) is 6. The molecule has 7 heteroatoms. The maximum atomic E-state index is 5.09. The summed E-state index contributed by atoms with van der Waals surface area (Å²) in [5.74, 6) is 1.41. The van der Waals surface area contributed by atoms with E-state index in [4.69, 9.17) is 4.52 Å². The lowest BCUT2D eigenvalue weighted by atomic mass is 10.1. The molecule has 26 heavy (non-hydrogen) atoms. The van der Waals surface area contributed by atoms with E-state index in [9.17, 15) is 0 Å².